The van der Waals surface area contributed by atoms with Crippen molar-refractivity contribution in [2.75, 3.05) is 11.9 Å². The number of carbonyl (C=O) groups is 2. The molecular weight excluding hydrogens is 335 g/mol. The third kappa shape index (κ3) is 4.82. The third-order valence-corrected chi connectivity index (χ3v) is 3.44. The number of alkyl halides is 3. The monoisotopic (exact) mass is 351 g/mol. The first-order valence-corrected chi connectivity index (χ1v) is 7.39. The van der Waals surface area contributed by atoms with Gasteiger partial charge in [0.15, 0.2) is 6.61 Å². The van der Waals surface area contributed by atoms with Gasteiger partial charge in [0.05, 0.1) is 11.1 Å². The van der Waals surface area contributed by atoms with E-state index in [-0.39, 0.29) is 0 Å². The molecule has 0 heterocycles. The SMILES string of the molecule is Cc1ccc(NC(=O)COC(=O)c2ccccc2C(F)(F)F)c(C)c1. The molecule has 0 radical (unpaired) electrons. The highest BCUT2D eigenvalue weighted by atomic mass is 19.4. The lowest BCUT2D eigenvalue weighted by molar-refractivity contribution is -0.138. The highest BCUT2D eigenvalue weighted by Gasteiger charge is 2.35. The lowest BCUT2D eigenvalue weighted by Gasteiger charge is -2.12. The van der Waals surface area contributed by atoms with Crippen LogP contribution in [0.5, 0.6) is 0 Å². The van der Waals surface area contributed by atoms with Crippen molar-refractivity contribution in [3.05, 3.63) is 64.7 Å². The summed E-state index contributed by atoms with van der Waals surface area (Å²) in [6.45, 7) is 3.02. The van der Waals surface area contributed by atoms with Gasteiger partial charge in [-0.25, -0.2) is 4.79 Å². The Bertz CT molecular complexity index is 800. The van der Waals surface area contributed by atoms with E-state index in [1.165, 1.54) is 12.1 Å². The summed E-state index contributed by atoms with van der Waals surface area (Å²) in [5.41, 5.74) is 0.652. The maximum Gasteiger partial charge on any atom is 0.417 e. The molecule has 2 aromatic carbocycles. The average Bonchev–Trinajstić information content (AvgIpc) is 2.54. The molecule has 0 fully saturated rings. The standard InChI is InChI=1S/C18H16F3NO3/c1-11-7-8-15(12(2)9-11)22-16(23)10-25-17(24)13-5-3-4-6-14(13)18(19,20)21/h3-9H,10H2,1-2H3,(H,22,23). The quantitative estimate of drug-likeness (QED) is 0.843. The smallest absolute Gasteiger partial charge is 0.417 e. The number of rotatable bonds is 4. The molecule has 0 bridgehead atoms. The summed E-state index contributed by atoms with van der Waals surface area (Å²) < 4.78 is 43.4. The summed E-state index contributed by atoms with van der Waals surface area (Å²) >= 11 is 0. The van der Waals surface area contributed by atoms with Gasteiger partial charge in [0.1, 0.15) is 0 Å². The molecule has 0 atom stereocenters. The van der Waals surface area contributed by atoms with Gasteiger partial charge in [-0.3, -0.25) is 4.79 Å². The first kappa shape index (κ1) is 18.5. The molecule has 0 aliphatic heterocycles. The first-order valence-electron chi connectivity index (χ1n) is 7.39. The zero-order valence-electron chi connectivity index (χ0n) is 13.6. The molecule has 4 nitrogen and oxygen atoms in total. The van der Waals surface area contributed by atoms with Gasteiger partial charge in [0.2, 0.25) is 0 Å². The van der Waals surface area contributed by atoms with E-state index in [0.29, 0.717) is 5.69 Å². The predicted octanol–water partition coefficient (Wildman–Crippen LogP) is 4.12. The van der Waals surface area contributed by atoms with Crippen LogP contribution in [-0.4, -0.2) is 18.5 Å². The fourth-order valence-electron chi connectivity index (χ4n) is 2.26. The maximum atomic E-state index is 12.9. The minimum Gasteiger partial charge on any atom is -0.452 e. The van der Waals surface area contributed by atoms with Crippen molar-refractivity contribution >= 4 is 17.6 Å². The summed E-state index contributed by atoms with van der Waals surface area (Å²) in [6.07, 6.45) is -4.68. The van der Waals surface area contributed by atoms with Crippen LogP contribution in [0.4, 0.5) is 18.9 Å². The Balaban J connectivity index is 2.02. The summed E-state index contributed by atoms with van der Waals surface area (Å²) in [5, 5.41) is 2.55. The minimum atomic E-state index is -4.68. The van der Waals surface area contributed by atoms with Crippen molar-refractivity contribution in [3.8, 4) is 0 Å². The Morgan fingerprint density at radius 1 is 1.08 bits per heavy atom. The second kappa shape index (κ2) is 7.38. The second-order valence-electron chi connectivity index (χ2n) is 5.49. The van der Waals surface area contributed by atoms with Crippen molar-refractivity contribution in [3.63, 3.8) is 0 Å². The number of esters is 1. The van der Waals surface area contributed by atoms with Gasteiger partial charge < -0.3 is 10.1 Å². The van der Waals surface area contributed by atoms with Crippen LogP contribution in [0.25, 0.3) is 0 Å². The number of hydrogen-bond acceptors (Lipinski definition) is 3. The van der Waals surface area contributed by atoms with E-state index in [0.717, 1.165) is 23.3 Å². The summed E-state index contributed by atoms with van der Waals surface area (Å²) in [7, 11) is 0. The van der Waals surface area contributed by atoms with Crippen LogP contribution in [0, 0.1) is 13.8 Å². The van der Waals surface area contributed by atoms with Crippen molar-refractivity contribution in [1.82, 2.24) is 0 Å². The predicted molar refractivity (Wildman–Crippen MR) is 86.3 cm³/mol. The zero-order chi connectivity index (χ0) is 18.6. The average molecular weight is 351 g/mol. The Hall–Kier alpha value is -2.83. The van der Waals surface area contributed by atoms with Crippen LogP contribution in [0.2, 0.25) is 0 Å². The van der Waals surface area contributed by atoms with E-state index in [2.05, 4.69) is 5.32 Å². The van der Waals surface area contributed by atoms with Gasteiger partial charge in [-0.05, 0) is 37.6 Å². The van der Waals surface area contributed by atoms with E-state index in [4.69, 9.17) is 4.74 Å². The Kier molecular flexibility index (Phi) is 5.46. The molecule has 1 amide bonds. The summed E-state index contributed by atoms with van der Waals surface area (Å²) in [5.74, 6) is -1.84. The van der Waals surface area contributed by atoms with Gasteiger partial charge in [-0.15, -0.1) is 0 Å². The molecule has 0 unspecified atom stereocenters. The number of halogens is 3. The Morgan fingerprint density at radius 2 is 1.76 bits per heavy atom. The molecule has 7 heteroatoms. The number of nitrogens with one attached hydrogen (secondary N) is 1. The van der Waals surface area contributed by atoms with Crippen molar-refractivity contribution < 1.29 is 27.5 Å². The Morgan fingerprint density at radius 3 is 2.40 bits per heavy atom. The summed E-state index contributed by atoms with van der Waals surface area (Å²) in [4.78, 5) is 23.7. The van der Waals surface area contributed by atoms with Crippen molar-refractivity contribution in [2.24, 2.45) is 0 Å². The minimum absolute atomic E-state index is 0.544. The molecule has 2 rings (SSSR count). The van der Waals surface area contributed by atoms with Gasteiger partial charge in [-0.1, -0.05) is 29.8 Å². The van der Waals surface area contributed by atoms with Crippen LogP contribution in [0.3, 0.4) is 0 Å². The number of ether oxygens (including phenoxy) is 1. The van der Waals surface area contributed by atoms with Crippen molar-refractivity contribution in [1.29, 1.82) is 0 Å². The molecule has 1 N–H and O–H groups in total. The molecule has 0 spiro atoms. The van der Waals surface area contributed by atoms with E-state index >= 15 is 0 Å². The van der Waals surface area contributed by atoms with Gasteiger partial charge in [-0.2, -0.15) is 13.2 Å². The van der Waals surface area contributed by atoms with E-state index < -0.39 is 35.8 Å². The van der Waals surface area contributed by atoms with E-state index in [9.17, 15) is 22.8 Å². The Labute approximate surface area is 142 Å². The lowest BCUT2D eigenvalue weighted by atomic mass is 10.1. The highest BCUT2D eigenvalue weighted by molar-refractivity contribution is 5.96. The molecular formula is C18H16F3NO3. The van der Waals surface area contributed by atoms with Crippen LogP contribution >= 0.6 is 0 Å². The zero-order valence-corrected chi connectivity index (χ0v) is 13.6. The van der Waals surface area contributed by atoms with Gasteiger partial charge >= 0.3 is 12.1 Å². The molecule has 0 saturated carbocycles. The topological polar surface area (TPSA) is 55.4 Å². The largest absolute Gasteiger partial charge is 0.452 e. The lowest BCUT2D eigenvalue weighted by Crippen LogP contribution is -2.22. The molecule has 132 valence electrons. The van der Waals surface area contributed by atoms with Crippen LogP contribution < -0.4 is 5.32 Å². The number of benzene rings is 2. The fraction of sp³-hybridized carbons (Fsp3) is 0.222. The van der Waals surface area contributed by atoms with Crippen LogP contribution in [0.15, 0.2) is 42.5 Å². The number of amides is 1. The molecule has 0 aliphatic carbocycles. The second-order valence-corrected chi connectivity index (χ2v) is 5.49. The summed E-state index contributed by atoms with van der Waals surface area (Å²) in [6, 6.07) is 9.62. The van der Waals surface area contributed by atoms with E-state index in [1.54, 1.807) is 19.1 Å². The molecule has 0 saturated heterocycles. The van der Waals surface area contributed by atoms with Gasteiger partial charge in [0, 0.05) is 5.69 Å². The molecule has 25 heavy (non-hydrogen) atoms. The molecule has 0 aliphatic rings. The number of aryl methyl sites for hydroxylation is 2. The van der Waals surface area contributed by atoms with E-state index in [1.807, 2.05) is 13.0 Å². The number of hydrogen-bond donors (Lipinski definition) is 1. The van der Waals surface area contributed by atoms with Gasteiger partial charge in [0.25, 0.3) is 5.91 Å². The van der Waals surface area contributed by atoms with Crippen LogP contribution in [-0.2, 0) is 15.7 Å². The third-order valence-electron chi connectivity index (χ3n) is 3.44. The van der Waals surface area contributed by atoms with Crippen LogP contribution in [0.1, 0.15) is 27.0 Å². The molecule has 0 aromatic heterocycles. The normalized spacial score (nSPS) is 11.1. The van der Waals surface area contributed by atoms with Crippen molar-refractivity contribution in [2.45, 2.75) is 20.0 Å². The maximum absolute atomic E-state index is 12.9. The number of anilines is 1. The molecule has 2 aromatic rings. The fourth-order valence-corrected chi connectivity index (χ4v) is 2.26. The highest BCUT2D eigenvalue weighted by Crippen LogP contribution is 2.32. The first-order chi connectivity index (χ1) is 11.7. The number of carbonyl (C=O) groups excluding carboxylic acids is 2.